The fourth-order valence-corrected chi connectivity index (χ4v) is 4.58. The van der Waals surface area contributed by atoms with E-state index in [1.165, 1.54) is 12.2 Å². The normalized spacial score (nSPS) is 25.4. The summed E-state index contributed by atoms with van der Waals surface area (Å²) in [6.07, 6.45) is 3.21. The Morgan fingerprint density at radius 1 is 0.675 bits per heavy atom. The molecule has 2 N–H and O–H groups in total. The fourth-order valence-electron chi connectivity index (χ4n) is 4.58. The van der Waals surface area contributed by atoms with Crippen LogP contribution in [0.4, 0.5) is 0 Å². The first-order valence-electron chi connectivity index (χ1n) is 12.9. The molecule has 0 bridgehead atoms. The van der Waals surface area contributed by atoms with Gasteiger partial charge in [0.25, 0.3) is 0 Å². The molecule has 2 aromatic carbocycles. The lowest BCUT2D eigenvalue weighted by molar-refractivity contribution is -0.175. The van der Waals surface area contributed by atoms with E-state index in [1.807, 2.05) is 27.7 Å². The minimum absolute atomic E-state index is 0.192. The van der Waals surface area contributed by atoms with Crippen molar-refractivity contribution >= 4 is 24.1 Å². The lowest BCUT2D eigenvalue weighted by Gasteiger charge is -2.26. The number of carbonyl (C=O) groups is 2. The van der Waals surface area contributed by atoms with E-state index in [2.05, 4.69) is 0 Å². The van der Waals surface area contributed by atoms with Gasteiger partial charge in [-0.05, 0) is 75.2 Å². The van der Waals surface area contributed by atoms with Gasteiger partial charge in [-0.2, -0.15) is 0 Å². The van der Waals surface area contributed by atoms with Crippen LogP contribution in [-0.4, -0.2) is 71.4 Å². The third-order valence-electron chi connectivity index (χ3n) is 6.19. The number of ether oxygens (including phenoxy) is 6. The van der Waals surface area contributed by atoms with Gasteiger partial charge in [0.2, 0.25) is 0 Å². The highest BCUT2D eigenvalue weighted by atomic mass is 16.8. The molecule has 0 spiro atoms. The second-order valence-electron chi connectivity index (χ2n) is 10.4. The highest BCUT2D eigenvalue weighted by molar-refractivity contribution is 5.85. The maximum Gasteiger partial charge on any atom is 0.328 e. The van der Waals surface area contributed by atoms with Crippen LogP contribution in [0.2, 0.25) is 0 Å². The number of benzene rings is 2. The third-order valence-corrected chi connectivity index (χ3v) is 6.19. The molecule has 2 saturated heterocycles. The molecule has 4 atom stereocenters. The maximum absolute atomic E-state index is 10.7. The van der Waals surface area contributed by atoms with Crippen molar-refractivity contribution in [2.24, 2.45) is 0 Å². The van der Waals surface area contributed by atoms with Gasteiger partial charge in [-0.15, -0.1) is 0 Å². The molecule has 10 heteroatoms. The van der Waals surface area contributed by atoms with Crippen LogP contribution in [0.15, 0.2) is 60.7 Å². The van der Waals surface area contributed by atoms with E-state index >= 15 is 0 Å². The summed E-state index contributed by atoms with van der Waals surface area (Å²) in [5.41, 5.74) is 1.48. The molecule has 0 unspecified atom stereocenters. The minimum atomic E-state index is -1.01. The zero-order valence-corrected chi connectivity index (χ0v) is 22.8. The molecule has 2 aromatic rings. The number of hydrogen-bond acceptors (Lipinski definition) is 8. The zero-order chi connectivity index (χ0) is 28.9. The molecule has 214 valence electrons. The summed E-state index contributed by atoms with van der Waals surface area (Å²) in [5, 5.41) is 17.6. The Morgan fingerprint density at radius 3 is 1.35 bits per heavy atom. The highest BCUT2D eigenvalue weighted by Crippen LogP contribution is 2.39. The van der Waals surface area contributed by atoms with E-state index in [9.17, 15) is 9.59 Å². The second-order valence-corrected chi connectivity index (χ2v) is 10.4. The first-order valence-corrected chi connectivity index (χ1v) is 12.9. The van der Waals surface area contributed by atoms with Gasteiger partial charge in [-0.1, -0.05) is 24.3 Å². The quantitative estimate of drug-likeness (QED) is 0.386. The maximum atomic E-state index is 10.7. The summed E-state index contributed by atoms with van der Waals surface area (Å²) in [5.74, 6) is -2.56. The zero-order valence-electron chi connectivity index (χ0n) is 22.8. The van der Waals surface area contributed by atoms with Crippen LogP contribution in [0.5, 0.6) is 11.5 Å². The van der Waals surface area contributed by atoms with Gasteiger partial charge in [-0.3, -0.25) is 0 Å². The van der Waals surface area contributed by atoms with E-state index in [-0.39, 0.29) is 13.2 Å². The van der Waals surface area contributed by atoms with Crippen LogP contribution in [0.1, 0.15) is 38.8 Å². The smallest absolute Gasteiger partial charge is 0.328 e. The highest BCUT2D eigenvalue weighted by Gasteiger charge is 2.54. The summed E-state index contributed by atoms with van der Waals surface area (Å²) >= 11 is 0. The molecular formula is C30H34O10. The molecule has 0 saturated carbocycles. The molecule has 2 aliphatic rings. The molecule has 0 aromatic heterocycles. The SMILES string of the molecule is CC1(C)O[C@@H]([C@H]2OC(C)(C)O[C@@H]2COc2ccc(/C=C/C(=O)O)cc2)[C@H](COc2ccc(/C=C/C(=O)O)cc2)O1. The van der Waals surface area contributed by atoms with Crippen molar-refractivity contribution in [3.63, 3.8) is 0 Å². The Hall–Kier alpha value is -3.70. The topological polar surface area (TPSA) is 130 Å². The Balaban J connectivity index is 1.41. The summed E-state index contributed by atoms with van der Waals surface area (Å²) in [6, 6.07) is 14.1. The standard InChI is InChI=1S/C30H34O10/c1-29(2)37-23(17-35-21-11-5-19(6-12-21)9-15-25(31)32)27(39-29)28-24(38-30(3,4)40-28)18-36-22-13-7-20(8-14-22)10-16-26(33)34/h5-16,23-24,27-28H,17-18H2,1-4H3,(H,31,32)(H,33,34)/b15-9+,16-10+/t23-,24+,27+,28-. The minimum Gasteiger partial charge on any atom is -0.491 e. The fraction of sp³-hybridized carbons (Fsp3) is 0.400. The lowest BCUT2D eigenvalue weighted by atomic mass is 10.0. The number of hydrogen-bond donors (Lipinski definition) is 2. The Bertz CT molecular complexity index is 1130. The van der Waals surface area contributed by atoms with Crippen molar-refractivity contribution < 1.29 is 48.2 Å². The van der Waals surface area contributed by atoms with E-state index in [4.69, 9.17) is 38.6 Å². The predicted molar refractivity (Wildman–Crippen MR) is 145 cm³/mol. The van der Waals surface area contributed by atoms with Crippen LogP contribution in [0.25, 0.3) is 12.2 Å². The number of carboxylic acids is 2. The van der Waals surface area contributed by atoms with Gasteiger partial charge in [0.05, 0.1) is 0 Å². The largest absolute Gasteiger partial charge is 0.491 e. The summed E-state index contributed by atoms with van der Waals surface area (Å²) in [6.45, 7) is 7.70. The van der Waals surface area contributed by atoms with Crippen LogP contribution < -0.4 is 9.47 Å². The predicted octanol–water partition coefficient (Wildman–Crippen LogP) is 4.38. The molecule has 2 aliphatic heterocycles. The van der Waals surface area contributed by atoms with Gasteiger partial charge < -0.3 is 38.6 Å². The van der Waals surface area contributed by atoms with Gasteiger partial charge in [0.1, 0.15) is 49.1 Å². The van der Waals surface area contributed by atoms with Gasteiger partial charge in [0.15, 0.2) is 11.6 Å². The van der Waals surface area contributed by atoms with E-state index < -0.39 is 47.9 Å². The number of rotatable bonds is 11. The molecule has 10 nitrogen and oxygen atoms in total. The van der Waals surface area contributed by atoms with Crippen molar-refractivity contribution in [3.8, 4) is 11.5 Å². The van der Waals surface area contributed by atoms with Gasteiger partial charge >= 0.3 is 11.9 Å². The molecule has 2 heterocycles. The first kappa shape index (κ1) is 29.3. The van der Waals surface area contributed by atoms with Gasteiger partial charge in [-0.25, -0.2) is 9.59 Å². The van der Waals surface area contributed by atoms with E-state index in [1.54, 1.807) is 48.5 Å². The van der Waals surface area contributed by atoms with Crippen LogP contribution in [0.3, 0.4) is 0 Å². The molecule has 4 rings (SSSR count). The van der Waals surface area contributed by atoms with Crippen LogP contribution >= 0.6 is 0 Å². The monoisotopic (exact) mass is 554 g/mol. The van der Waals surface area contributed by atoms with Crippen molar-refractivity contribution in [1.29, 1.82) is 0 Å². The molecule has 0 amide bonds. The van der Waals surface area contributed by atoms with Crippen molar-refractivity contribution in [1.82, 2.24) is 0 Å². The van der Waals surface area contributed by atoms with Crippen molar-refractivity contribution in [2.45, 2.75) is 63.7 Å². The van der Waals surface area contributed by atoms with E-state index in [0.717, 1.165) is 23.3 Å². The third kappa shape index (κ3) is 8.15. The van der Waals surface area contributed by atoms with Crippen LogP contribution in [0, 0.1) is 0 Å². The Kier molecular flexibility index (Phi) is 8.95. The van der Waals surface area contributed by atoms with Crippen LogP contribution in [-0.2, 0) is 28.5 Å². The van der Waals surface area contributed by atoms with Gasteiger partial charge in [0, 0.05) is 12.2 Å². The average Bonchev–Trinajstić information content (AvgIpc) is 3.38. The second kappa shape index (κ2) is 12.2. The lowest BCUT2D eigenvalue weighted by Crippen LogP contribution is -2.45. The molecule has 40 heavy (non-hydrogen) atoms. The molecule has 2 fully saturated rings. The first-order chi connectivity index (χ1) is 18.9. The molecule has 0 radical (unpaired) electrons. The van der Waals surface area contributed by atoms with Crippen molar-refractivity contribution in [2.75, 3.05) is 13.2 Å². The summed E-state index contributed by atoms with van der Waals surface area (Å²) in [4.78, 5) is 21.5. The van der Waals surface area contributed by atoms with E-state index in [0.29, 0.717) is 11.5 Å². The summed E-state index contributed by atoms with van der Waals surface area (Å²) in [7, 11) is 0. The van der Waals surface area contributed by atoms with Crippen molar-refractivity contribution in [3.05, 3.63) is 71.8 Å². The molecule has 0 aliphatic carbocycles. The average molecular weight is 555 g/mol. The molecular weight excluding hydrogens is 520 g/mol. The Labute approximate surface area is 232 Å². The Morgan fingerprint density at radius 2 is 1.02 bits per heavy atom. The number of carboxylic acid groups (broad SMARTS) is 2. The number of aliphatic carboxylic acids is 2. The summed E-state index contributed by atoms with van der Waals surface area (Å²) < 4.78 is 36.9.